The van der Waals surface area contributed by atoms with Crippen LogP contribution in [0.4, 0.5) is 4.79 Å². The Kier molecular flexibility index (Phi) is 4.09. The Morgan fingerprint density at radius 1 is 1.32 bits per heavy atom. The molecule has 1 saturated carbocycles. The molecule has 0 aromatic carbocycles. The van der Waals surface area contributed by atoms with Gasteiger partial charge >= 0.3 is 12.0 Å². The lowest BCUT2D eigenvalue weighted by molar-refractivity contribution is -0.143. The summed E-state index contributed by atoms with van der Waals surface area (Å²) in [4.78, 5) is 24.9. The number of rotatable bonds is 6. The monoisotopic (exact) mass is 282 g/mol. The Balaban J connectivity index is 1.71. The SMILES string of the molecule is CCc1ccc(CNC(=O)NCC2(C(=O)O)CC2)s1. The van der Waals surface area contributed by atoms with Crippen molar-refractivity contribution in [1.29, 1.82) is 0 Å². The number of thiophene rings is 1. The highest BCUT2D eigenvalue weighted by Gasteiger charge is 2.50. The maximum atomic E-state index is 11.6. The average Bonchev–Trinajstić information content (AvgIpc) is 3.06. The number of carbonyl (C=O) groups is 2. The van der Waals surface area contributed by atoms with Crippen molar-refractivity contribution in [3.05, 3.63) is 21.9 Å². The first-order chi connectivity index (χ1) is 9.05. The van der Waals surface area contributed by atoms with E-state index in [0.29, 0.717) is 19.4 Å². The summed E-state index contributed by atoms with van der Waals surface area (Å²) in [6, 6.07) is 3.76. The summed E-state index contributed by atoms with van der Waals surface area (Å²) < 4.78 is 0. The first kappa shape index (κ1) is 13.9. The van der Waals surface area contributed by atoms with Crippen molar-refractivity contribution in [3.63, 3.8) is 0 Å². The summed E-state index contributed by atoms with van der Waals surface area (Å²) in [5.74, 6) is -0.821. The van der Waals surface area contributed by atoms with Gasteiger partial charge in [0.1, 0.15) is 0 Å². The normalized spacial score (nSPS) is 15.8. The lowest BCUT2D eigenvalue weighted by Gasteiger charge is -2.11. The van der Waals surface area contributed by atoms with E-state index in [1.807, 2.05) is 6.07 Å². The minimum Gasteiger partial charge on any atom is -0.481 e. The Hall–Kier alpha value is -1.56. The van der Waals surface area contributed by atoms with Gasteiger partial charge in [-0.2, -0.15) is 0 Å². The van der Waals surface area contributed by atoms with Gasteiger partial charge in [-0.25, -0.2) is 4.79 Å². The van der Waals surface area contributed by atoms with Gasteiger partial charge in [0.2, 0.25) is 0 Å². The van der Waals surface area contributed by atoms with Gasteiger partial charge in [-0.05, 0) is 31.4 Å². The smallest absolute Gasteiger partial charge is 0.315 e. The van der Waals surface area contributed by atoms with Crippen LogP contribution in [0.15, 0.2) is 12.1 Å². The highest BCUT2D eigenvalue weighted by Crippen LogP contribution is 2.45. The van der Waals surface area contributed by atoms with Gasteiger partial charge in [-0.3, -0.25) is 4.79 Å². The molecule has 6 heteroatoms. The van der Waals surface area contributed by atoms with Gasteiger partial charge in [0, 0.05) is 16.3 Å². The molecule has 2 rings (SSSR count). The van der Waals surface area contributed by atoms with Crippen LogP contribution in [-0.2, 0) is 17.8 Å². The molecular weight excluding hydrogens is 264 g/mol. The Morgan fingerprint density at radius 2 is 2.00 bits per heavy atom. The van der Waals surface area contributed by atoms with Crippen LogP contribution in [0, 0.1) is 5.41 Å². The fourth-order valence-corrected chi connectivity index (χ4v) is 2.70. The van der Waals surface area contributed by atoms with Crippen molar-refractivity contribution in [1.82, 2.24) is 10.6 Å². The van der Waals surface area contributed by atoms with E-state index in [2.05, 4.69) is 23.6 Å². The second kappa shape index (κ2) is 5.61. The number of carboxylic acids is 1. The van der Waals surface area contributed by atoms with Gasteiger partial charge in [-0.15, -0.1) is 11.3 Å². The van der Waals surface area contributed by atoms with E-state index in [-0.39, 0.29) is 12.6 Å². The van der Waals surface area contributed by atoms with E-state index in [0.717, 1.165) is 11.3 Å². The molecule has 0 aliphatic heterocycles. The highest BCUT2D eigenvalue weighted by molar-refractivity contribution is 7.11. The van der Waals surface area contributed by atoms with Gasteiger partial charge < -0.3 is 15.7 Å². The van der Waals surface area contributed by atoms with Gasteiger partial charge in [-0.1, -0.05) is 6.92 Å². The molecule has 5 nitrogen and oxygen atoms in total. The van der Waals surface area contributed by atoms with Crippen LogP contribution in [-0.4, -0.2) is 23.7 Å². The fraction of sp³-hybridized carbons (Fsp3) is 0.538. The van der Waals surface area contributed by atoms with Crippen molar-refractivity contribution in [2.24, 2.45) is 5.41 Å². The average molecular weight is 282 g/mol. The number of hydrogen-bond donors (Lipinski definition) is 3. The molecule has 1 aliphatic rings. The largest absolute Gasteiger partial charge is 0.481 e. The summed E-state index contributed by atoms with van der Waals surface area (Å²) in [5.41, 5.74) is -0.713. The molecule has 0 spiro atoms. The van der Waals surface area contributed by atoms with E-state index in [1.165, 1.54) is 4.88 Å². The third-order valence-corrected chi connectivity index (χ3v) is 4.61. The van der Waals surface area contributed by atoms with Crippen LogP contribution >= 0.6 is 11.3 Å². The molecule has 1 aliphatic carbocycles. The number of aliphatic carboxylic acids is 1. The maximum absolute atomic E-state index is 11.6. The first-order valence-electron chi connectivity index (χ1n) is 6.38. The van der Waals surface area contributed by atoms with Crippen LogP contribution in [0.2, 0.25) is 0 Å². The molecule has 0 atom stereocenters. The number of nitrogens with one attached hydrogen (secondary N) is 2. The third-order valence-electron chi connectivity index (χ3n) is 3.38. The summed E-state index contributed by atoms with van der Waals surface area (Å²) >= 11 is 1.68. The number of hydrogen-bond acceptors (Lipinski definition) is 3. The van der Waals surface area contributed by atoms with Crippen molar-refractivity contribution >= 4 is 23.3 Å². The molecule has 0 radical (unpaired) electrons. The summed E-state index contributed by atoms with van der Waals surface area (Å²) in [6.45, 7) is 2.78. The molecule has 104 valence electrons. The zero-order chi connectivity index (χ0) is 13.9. The summed E-state index contributed by atoms with van der Waals surface area (Å²) in [6.07, 6.45) is 2.29. The second-order valence-electron chi connectivity index (χ2n) is 4.84. The second-order valence-corrected chi connectivity index (χ2v) is 6.10. The molecule has 1 aromatic heterocycles. The first-order valence-corrected chi connectivity index (χ1v) is 7.20. The molecule has 1 heterocycles. The number of carboxylic acid groups (broad SMARTS) is 1. The van der Waals surface area contributed by atoms with E-state index in [4.69, 9.17) is 5.11 Å². The van der Waals surface area contributed by atoms with Crippen LogP contribution in [0.5, 0.6) is 0 Å². The van der Waals surface area contributed by atoms with Crippen LogP contribution in [0.1, 0.15) is 29.5 Å². The fourth-order valence-electron chi connectivity index (χ4n) is 1.80. The van der Waals surface area contributed by atoms with E-state index in [9.17, 15) is 9.59 Å². The lowest BCUT2D eigenvalue weighted by atomic mass is 10.1. The Morgan fingerprint density at radius 3 is 2.53 bits per heavy atom. The van der Waals surface area contributed by atoms with Crippen LogP contribution in [0.25, 0.3) is 0 Å². The van der Waals surface area contributed by atoms with Gasteiger partial charge in [0.05, 0.1) is 12.0 Å². The van der Waals surface area contributed by atoms with Crippen molar-refractivity contribution in [2.45, 2.75) is 32.7 Å². The number of urea groups is 1. The van der Waals surface area contributed by atoms with E-state index >= 15 is 0 Å². The predicted octanol–water partition coefficient (Wildman–Crippen LogP) is 1.97. The highest BCUT2D eigenvalue weighted by atomic mass is 32.1. The van der Waals surface area contributed by atoms with Crippen LogP contribution in [0.3, 0.4) is 0 Å². The minimum atomic E-state index is -0.821. The number of carbonyl (C=O) groups excluding carboxylic acids is 1. The molecule has 3 N–H and O–H groups in total. The van der Waals surface area contributed by atoms with Crippen LogP contribution < -0.4 is 10.6 Å². The van der Waals surface area contributed by atoms with E-state index in [1.54, 1.807) is 11.3 Å². The lowest BCUT2D eigenvalue weighted by Crippen LogP contribution is -2.40. The molecule has 0 bridgehead atoms. The molecule has 0 saturated heterocycles. The zero-order valence-electron chi connectivity index (χ0n) is 10.9. The summed E-state index contributed by atoms with van der Waals surface area (Å²) in [7, 11) is 0. The van der Waals surface area contributed by atoms with E-state index < -0.39 is 11.4 Å². The van der Waals surface area contributed by atoms with Gasteiger partial charge in [0.25, 0.3) is 0 Å². The molecule has 1 fully saturated rings. The minimum absolute atomic E-state index is 0.207. The Bertz CT molecular complexity index is 480. The molecular formula is C13H18N2O3S. The summed E-state index contributed by atoms with van der Waals surface area (Å²) in [5, 5.41) is 14.4. The third kappa shape index (κ3) is 3.47. The maximum Gasteiger partial charge on any atom is 0.315 e. The topological polar surface area (TPSA) is 78.4 Å². The predicted molar refractivity (Wildman–Crippen MR) is 73.2 cm³/mol. The number of amides is 2. The molecule has 1 aromatic rings. The molecule has 0 unspecified atom stereocenters. The molecule has 19 heavy (non-hydrogen) atoms. The standard InChI is InChI=1S/C13H18N2O3S/c1-2-9-3-4-10(19-9)7-14-12(18)15-8-13(5-6-13)11(16)17/h3-4H,2,5-8H2,1H3,(H,16,17)(H2,14,15,18). The van der Waals surface area contributed by atoms with Crippen molar-refractivity contribution in [3.8, 4) is 0 Å². The zero-order valence-corrected chi connectivity index (χ0v) is 11.7. The van der Waals surface area contributed by atoms with Crippen molar-refractivity contribution < 1.29 is 14.7 Å². The van der Waals surface area contributed by atoms with Crippen molar-refractivity contribution in [2.75, 3.05) is 6.54 Å². The quantitative estimate of drug-likeness (QED) is 0.746. The Labute approximate surface area is 116 Å². The van der Waals surface area contributed by atoms with Gasteiger partial charge in [0.15, 0.2) is 0 Å². The number of aryl methyl sites for hydroxylation is 1. The molecule has 2 amide bonds.